The number of hydrogen-bond acceptors (Lipinski definition) is 4. The van der Waals surface area contributed by atoms with Gasteiger partial charge in [0.15, 0.2) is 0 Å². The highest BCUT2D eigenvalue weighted by Gasteiger charge is 2.23. The van der Waals surface area contributed by atoms with Crippen LogP contribution < -0.4 is 5.32 Å². The third kappa shape index (κ3) is 2.79. The third-order valence-corrected chi connectivity index (χ3v) is 5.31. The maximum absolute atomic E-state index is 4.81. The number of thiazole rings is 1. The summed E-state index contributed by atoms with van der Waals surface area (Å²) >= 11 is 3.91. The van der Waals surface area contributed by atoms with Gasteiger partial charge in [0.1, 0.15) is 5.01 Å². The van der Waals surface area contributed by atoms with Gasteiger partial charge in [0, 0.05) is 10.6 Å². The lowest BCUT2D eigenvalue weighted by Crippen LogP contribution is -2.21. The molecule has 0 amide bonds. The largest absolute Gasteiger partial charge is 0.312 e. The zero-order valence-corrected chi connectivity index (χ0v) is 11.9. The Hall–Kier alpha value is -0.0600. The number of nitrogens with zero attached hydrogens (tertiary/aromatic N) is 1. The van der Waals surface area contributed by atoms with Crippen LogP contribution in [0.2, 0.25) is 0 Å². The molecular formula is C12H20N2S2. The summed E-state index contributed by atoms with van der Waals surface area (Å²) in [6.45, 7) is 4.49. The molecule has 0 saturated carbocycles. The summed E-state index contributed by atoms with van der Waals surface area (Å²) in [5.74, 6) is 1.08. The van der Waals surface area contributed by atoms with Crippen LogP contribution in [0.3, 0.4) is 0 Å². The summed E-state index contributed by atoms with van der Waals surface area (Å²) in [6, 6.07) is 0.498. The molecule has 0 bridgehead atoms. The van der Waals surface area contributed by atoms with E-state index in [1.807, 2.05) is 30.1 Å². The molecule has 1 N–H and O–H groups in total. The van der Waals surface area contributed by atoms with E-state index in [0.29, 0.717) is 11.3 Å². The Kier molecular flexibility index (Phi) is 4.27. The van der Waals surface area contributed by atoms with Gasteiger partial charge in [-0.1, -0.05) is 13.8 Å². The monoisotopic (exact) mass is 256 g/mol. The highest BCUT2D eigenvalue weighted by Crippen LogP contribution is 2.34. The van der Waals surface area contributed by atoms with Crippen molar-refractivity contribution in [1.29, 1.82) is 0 Å². The molecule has 1 heterocycles. The van der Waals surface area contributed by atoms with Crippen LogP contribution >= 0.6 is 23.1 Å². The highest BCUT2D eigenvalue weighted by atomic mass is 32.2. The fraction of sp³-hybridized carbons (Fsp3) is 0.750. The minimum Gasteiger partial charge on any atom is -0.312 e. The van der Waals surface area contributed by atoms with Crippen molar-refractivity contribution < 1.29 is 0 Å². The van der Waals surface area contributed by atoms with E-state index >= 15 is 0 Å². The van der Waals surface area contributed by atoms with Crippen molar-refractivity contribution >= 4 is 23.1 Å². The summed E-state index contributed by atoms with van der Waals surface area (Å²) in [6.07, 6.45) is 3.78. The first-order valence-corrected chi connectivity index (χ1v) is 7.84. The molecule has 0 fully saturated rings. The van der Waals surface area contributed by atoms with Crippen molar-refractivity contribution in [3.05, 3.63) is 15.6 Å². The van der Waals surface area contributed by atoms with Crippen molar-refractivity contribution in [1.82, 2.24) is 10.3 Å². The molecule has 1 unspecified atom stereocenters. The molecule has 2 rings (SSSR count). The molecule has 0 spiro atoms. The molecule has 1 aromatic heterocycles. The Bertz CT molecular complexity index is 347. The van der Waals surface area contributed by atoms with E-state index < -0.39 is 0 Å². The van der Waals surface area contributed by atoms with E-state index in [1.54, 1.807) is 0 Å². The lowest BCUT2D eigenvalue weighted by atomic mass is 9.98. The lowest BCUT2D eigenvalue weighted by Gasteiger charge is -2.19. The number of rotatable bonds is 4. The molecule has 16 heavy (non-hydrogen) atoms. The zero-order valence-electron chi connectivity index (χ0n) is 10.2. The number of fused-ring (bicyclic) bond motifs is 1. The quantitative estimate of drug-likeness (QED) is 0.894. The van der Waals surface area contributed by atoms with Gasteiger partial charge in [0.05, 0.1) is 11.7 Å². The van der Waals surface area contributed by atoms with Crippen molar-refractivity contribution in [2.75, 3.05) is 7.05 Å². The number of aryl methyl sites for hydroxylation is 1. The second kappa shape index (κ2) is 5.52. The fourth-order valence-electron chi connectivity index (χ4n) is 2.05. The molecule has 0 saturated heterocycles. The van der Waals surface area contributed by atoms with Crippen LogP contribution in [0.15, 0.2) is 0 Å². The van der Waals surface area contributed by atoms with Crippen LogP contribution in [0.25, 0.3) is 0 Å². The van der Waals surface area contributed by atoms with Crippen LogP contribution in [-0.4, -0.2) is 17.3 Å². The Labute approximate surface area is 106 Å². The summed E-state index contributed by atoms with van der Waals surface area (Å²) in [7, 11) is 2.04. The Morgan fingerprint density at radius 3 is 3.06 bits per heavy atom. The highest BCUT2D eigenvalue weighted by molar-refractivity contribution is 7.99. The van der Waals surface area contributed by atoms with Gasteiger partial charge >= 0.3 is 0 Å². The average molecular weight is 256 g/mol. The van der Waals surface area contributed by atoms with Crippen LogP contribution in [0.1, 0.15) is 48.3 Å². The predicted molar refractivity (Wildman–Crippen MR) is 73.3 cm³/mol. The van der Waals surface area contributed by atoms with Gasteiger partial charge in [-0.2, -0.15) is 11.8 Å². The molecule has 90 valence electrons. The topological polar surface area (TPSA) is 24.9 Å². The average Bonchev–Trinajstić information content (AvgIpc) is 2.68. The summed E-state index contributed by atoms with van der Waals surface area (Å²) in [4.78, 5) is 6.33. The number of nitrogens with one attached hydrogen (secondary N) is 1. The number of thioether (sulfide) groups is 1. The minimum atomic E-state index is 0.498. The first-order chi connectivity index (χ1) is 7.70. The smallest absolute Gasteiger partial charge is 0.103 e. The van der Waals surface area contributed by atoms with Gasteiger partial charge in [-0.25, -0.2) is 4.98 Å². The summed E-state index contributed by atoms with van der Waals surface area (Å²) < 4.78 is 0. The summed E-state index contributed by atoms with van der Waals surface area (Å²) in [5, 5.41) is 5.38. The standard InChI is InChI=1S/C12H20N2S2/c1-8(2)15-7-11-14-12-9(13-3)5-4-6-10(12)16-11/h8-9,13H,4-7H2,1-3H3. The molecule has 1 aliphatic carbocycles. The van der Waals surface area contributed by atoms with Crippen LogP contribution in [0.5, 0.6) is 0 Å². The van der Waals surface area contributed by atoms with Gasteiger partial charge < -0.3 is 5.32 Å². The molecule has 0 aromatic carbocycles. The summed E-state index contributed by atoms with van der Waals surface area (Å²) in [5.41, 5.74) is 1.33. The van der Waals surface area contributed by atoms with Crippen LogP contribution in [0, 0.1) is 0 Å². The molecule has 2 nitrogen and oxygen atoms in total. The maximum atomic E-state index is 4.81. The van der Waals surface area contributed by atoms with E-state index in [0.717, 1.165) is 5.75 Å². The van der Waals surface area contributed by atoms with Crippen LogP contribution in [0.4, 0.5) is 0 Å². The second-order valence-electron chi connectivity index (χ2n) is 4.51. The Balaban J connectivity index is 2.09. The van der Waals surface area contributed by atoms with Crippen LogP contribution in [-0.2, 0) is 12.2 Å². The normalized spacial score (nSPS) is 20.1. The minimum absolute atomic E-state index is 0.498. The second-order valence-corrected chi connectivity index (χ2v) is 7.24. The van der Waals surface area contributed by atoms with Crippen molar-refractivity contribution in [2.24, 2.45) is 0 Å². The van der Waals surface area contributed by atoms with Crippen molar-refractivity contribution in [3.63, 3.8) is 0 Å². The molecule has 0 radical (unpaired) electrons. The molecule has 1 aliphatic rings. The number of aromatic nitrogens is 1. The molecular weight excluding hydrogens is 236 g/mol. The van der Waals surface area contributed by atoms with Crippen molar-refractivity contribution in [3.8, 4) is 0 Å². The van der Waals surface area contributed by atoms with E-state index in [9.17, 15) is 0 Å². The van der Waals surface area contributed by atoms with E-state index in [4.69, 9.17) is 4.98 Å². The lowest BCUT2D eigenvalue weighted by molar-refractivity contribution is 0.489. The molecule has 1 aromatic rings. The first kappa shape index (κ1) is 12.4. The molecule has 0 aliphatic heterocycles. The predicted octanol–water partition coefficient (Wildman–Crippen LogP) is 3.38. The Morgan fingerprint density at radius 1 is 1.56 bits per heavy atom. The van der Waals surface area contributed by atoms with Crippen molar-refractivity contribution in [2.45, 2.75) is 50.2 Å². The van der Waals surface area contributed by atoms with Gasteiger partial charge in [0.25, 0.3) is 0 Å². The molecule has 4 heteroatoms. The van der Waals surface area contributed by atoms with E-state index in [1.165, 1.54) is 34.8 Å². The van der Waals surface area contributed by atoms with Gasteiger partial charge in [-0.05, 0) is 31.6 Å². The maximum Gasteiger partial charge on any atom is 0.103 e. The van der Waals surface area contributed by atoms with Gasteiger partial charge in [-0.3, -0.25) is 0 Å². The van der Waals surface area contributed by atoms with E-state index in [2.05, 4.69) is 19.2 Å². The SMILES string of the molecule is CNC1CCCc2sc(CSC(C)C)nc21. The Morgan fingerprint density at radius 2 is 2.38 bits per heavy atom. The number of hydrogen-bond donors (Lipinski definition) is 1. The van der Waals surface area contributed by atoms with Gasteiger partial charge in [0.2, 0.25) is 0 Å². The zero-order chi connectivity index (χ0) is 11.5. The first-order valence-electron chi connectivity index (χ1n) is 5.98. The van der Waals surface area contributed by atoms with Gasteiger partial charge in [-0.15, -0.1) is 11.3 Å². The third-order valence-electron chi connectivity index (χ3n) is 2.89. The van der Waals surface area contributed by atoms with E-state index in [-0.39, 0.29) is 0 Å². The fourth-order valence-corrected chi connectivity index (χ4v) is 4.00. The molecule has 1 atom stereocenters.